The highest BCUT2D eigenvalue weighted by molar-refractivity contribution is 7.99. The smallest absolute Gasteiger partial charge is 0.369 e. The molecule has 7 heteroatoms. The molecule has 0 spiro atoms. The molecule has 0 atom stereocenters. The van der Waals surface area contributed by atoms with Gasteiger partial charge in [-0.25, -0.2) is 0 Å². The molecular weight excluding hydrogens is 455 g/mol. The molecule has 0 aliphatic carbocycles. The van der Waals surface area contributed by atoms with Gasteiger partial charge >= 0.3 is 6.18 Å². The minimum Gasteiger partial charge on any atom is -0.369 e. The van der Waals surface area contributed by atoms with E-state index in [-0.39, 0.29) is 0 Å². The number of hydrogen-bond donors (Lipinski definition) is 1. The summed E-state index contributed by atoms with van der Waals surface area (Å²) in [5, 5.41) is 4.20. The average molecular weight is 488 g/mol. The number of piperazine rings is 1. The van der Waals surface area contributed by atoms with Gasteiger partial charge in [0.1, 0.15) is 0 Å². The van der Waals surface area contributed by atoms with E-state index in [1.54, 1.807) is 24.0 Å². The number of halogens is 3. The molecule has 0 unspecified atom stereocenters. The van der Waals surface area contributed by atoms with Crippen LogP contribution in [0, 0.1) is 0 Å². The van der Waals surface area contributed by atoms with Crippen LogP contribution in [0.15, 0.2) is 59.6 Å². The van der Waals surface area contributed by atoms with Gasteiger partial charge in [0.2, 0.25) is 0 Å². The number of anilines is 1. The number of hydrogen-bond acceptors (Lipinski definition) is 4. The summed E-state index contributed by atoms with van der Waals surface area (Å²) in [7, 11) is 0. The van der Waals surface area contributed by atoms with E-state index in [2.05, 4.69) is 39.5 Å². The maximum absolute atomic E-state index is 12.9. The number of nitrogens with one attached hydrogen (secondary N) is 1. The minimum absolute atomic E-state index is 0.404. The Hall–Kier alpha value is -2.25. The minimum atomic E-state index is -4.34. The maximum Gasteiger partial charge on any atom is 0.416 e. The first-order valence-electron chi connectivity index (χ1n) is 12.1. The van der Waals surface area contributed by atoms with Crippen LogP contribution in [0.3, 0.4) is 0 Å². The van der Waals surface area contributed by atoms with Gasteiger partial charge in [0.15, 0.2) is 0 Å². The molecule has 34 heavy (non-hydrogen) atoms. The third kappa shape index (κ3) is 6.89. The van der Waals surface area contributed by atoms with Crippen LogP contribution in [-0.4, -0.2) is 36.9 Å². The number of rotatable bonds is 10. The van der Waals surface area contributed by atoms with Gasteiger partial charge in [-0.15, -0.1) is 11.8 Å². The number of aromatic nitrogens is 1. The van der Waals surface area contributed by atoms with Crippen molar-refractivity contribution in [1.29, 1.82) is 0 Å². The van der Waals surface area contributed by atoms with Crippen molar-refractivity contribution in [3.05, 3.63) is 65.9 Å². The average Bonchev–Trinajstić information content (AvgIpc) is 2.85. The SMILES string of the molecule is FC(F)(F)c1ccc2c(SCCCCCCCc3cccc(N4CCNCC4)c3)ccnc2c1. The number of nitrogens with zero attached hydrogens (tertiary/aromatic N) is 2. The van der Waals surface area contributed by atoms with Crippen molar-refractivity contribution in [1.82, 2.24) is 10.3 Å². The highest BCUT2D eigenvalue weighted by atomic mass is 32.2. The van der Waals surface area contributed by atoms with Crippen molar-refractivity contribution in [3.8, 4) is 0 Å². The lowest BCUT2D eigenvalue weighted by Gasteiger charge is -2.29. The fraction of sp³-hybridized carbons (Fsp3) is 0.444. The molecule has 4 rings (SSSR count). The Labute approximate surface area is 204 Å². The Bertz CT molecular complexity index is 1060. The number of alkyl halides is 3. The third-order valence-corrected chi connectivity index (χ3v) is 7.45. The lowest BCUT2D eigenvalue weighted by Crippen LogP contribution is -2.43. The number of benzene rings is 2. The molecule has 1 N–H and O–H groups in total. The Balaban J connectivity index is 1.15. The van der Waals surface area contributed by atoms with Crippen LogP contribution in [0.5, 0.6) is 0 Å². The zero-order valence-electron chi connectivity index (χ0n) is 19.4. The molecule has 1 aliphatic heterocycles. The number of thioether (sulfide) groups is 1. The molecule has 0 amide bonds. The molecule has 1 aromatic heterocycles. The molecule has 3 aromatic rings. The topological polar surface area (TPSA) is 28.2 Å². The van der Waals surface area contributed by atoms with Crippen molar-refractivity contribution in [2.75, 3.05) is 36.8 Å². The van der Waals surface area contributed by atoms with E-state index in [1.165, 1.54) is 36.9 Å². The Morgan fingerprint density at radius 3 is 2.53 bits per heavy atom. The first kappa shape index (κ1) is 24.9. The molecule has 1 fully saturated rings. The van der Waals surface area contributed by atoms with Gasteiger partial charge < -0.3 is 10.2 Å². The third-order valence-electron chi connectivity index (χ3n) is 6.29. The van der Waals surface area contributed by atoms with E-state index in [0.29, 0.717) is 5.52 Å². The van der Waals surface area contributed by atoms with E-state index in [1.807, 2.05) is 6.07 Å². The molecule has 1 saturated heterocycles. The van der Waals surface area contributed by atoms with Gasteiger partial charge in [-0.05, 0) is 60.9 Å². The van der Waals surface area contributed by atoms with E-state index < -0.39 is 11.7 Å². The monoisotopic (exact) mass is 487 g/mol. The van der Waals surface area contributed by atoms with Crippen LogP contribution in [-0.2, 0) is 12.6 Å². The number of aryl methyl sites for hydroxylation is 1. The Morgan fingerprint density at radius 1 is 0.912 bits per heavy atom. The molecule has 2 heterocycles. The first-order chi connectivity index (χ1) is 16.5. The summed E-state index contributed by atoms with van der Waals surface area (Å²) < 4.78 is 38.8. The molecule has 182 valence electrons. The Morgan fingerprint density at radius 2 is 1.71 bits per heavy atom. The second kappa shape index (κ2) is 11.9. The normalized spacial score (nSPS) is 14.6. The summed E-state index contributed by atoms with van der Waals surface area (Å²) in [6.45, 7) is 4.26. The van der Waals surface area contributed by atoms with Crippen molar-refractivity contribution < 1.29 is 13.2 Å². The van der Waals surface area contributed by atoms with Gasteiger partial charge in [-0.1, -0.05) is 37.5 Å². The molecule has 2 aromatic carbocycles. The molecule has 0 radical (unpaired) electrons. The van der Waals surface area contributed by atoms with Crippen LogP contribution in [0.25, 0.3) is 10.9 Å². The standard InChI is InChI=1S/C27H32F3N3S/c28-27(29,30)22-10-11-24-25(20-22)32-13-12-26(24)34-18-5-3-1-2-4-7-21-8-6-9-23(19-21)33-16-14-31-15-17-33/h6,8-13,19-20,31H,1-5,7,14-18H2. The quantitative estimate of drug-likeness (QED) is 0.247. The fourth-order valence-electron chi connectivity index (χ4n) is 4.40. The van der Waals surface area contributed by atoms with E-state index in [9.17, 15) is 13.2 Å². The van der Waals surface area contributed by atoms with Gasteiger partial charge in [0.25, 0.3) is 0 Å². The summed E-state index contributed by atoms with van der Waals surface area (Å²) in [5.41, 5.74) is 2.52. The number of fused-ring (bicyclic) bond motifs is 1. The second-order valence-corrected chi connectivity index (χ2v) is 9.95. The first-order valence-corrected chi connectivity index (χ1v) is 13.1. The predicted octanol–water partition coefficient (Wildman–Crippen LogP) is 6.95. The van der Waals surface area contributed by atoms with Crippen LogP contribution < -0.4 is 10.2 Å². The van der Waals surface area contributed by atoms with Crippen LogP contribution in [0.1, 0.15) is 43.2 Å². The zero-order chi connectivity index (χ0) is 23.8. The molecule has 3 nitrogen and oxygen atoms in total. The second-order valence-electron chi connectivity index (χ2n) is 8.81. The molecule has 1 aliphatic rings. The van der Waals surface area contributed by atoms with Gasteiger partial charge in [-0.3, -0.25) is 4.98 Å². The lowest BCUT2D eigenvalue weighted by atomic mass is 10.0. The van der Waals surface area contributed by atoms with Gasteiger partial charge in [0, 0.05) is 48.3 Å². The van der Waals surface area contributed by atoms with Gasteiger partial charge in [-0.2, -0.15) is 13.2 Å². The molecule has 0 saturated carbocycles. The summed E-state index contributed by atoms with van der Waals surface area (Å²) in [4.78, 5) is 7.59. The van der Waals surface area contributed by atoms with E-state index >= 15 is 0 Å². The highest BCUT2D eigenvalue weighted by Gasteiger charge is 2.30. The maximum atomic E-state index is 12.9. The highest BCUT2D eigenvalue weighted by Crippen LogP contribution is 2.34. The fourth-order valence-corrected chi connectivity index (χ4v) is 5.45. The van der Waals surface area contributed by atoms with Crippen molar-refractivity contribution in [3.63, 3.8) is 0 Å². The summed E-state index contributed by atoms with van der Waals surface area (Å²) in [6.07, 6.45) is 4.30. The zero-order valence-corrected chi connectivity index (χ0v) is 20.2. The summed E-state index contributed by atoms with van der Waals surface area (Å²) >= 11 is 1.71. The number of unbranched alkanes of at least 4 members (excludes halogenated alkanes) is 4. The van der Waals surface area contributed by atoms with Crippen molar-refractivity contribution in [2.45, 2.75) is 49.6 Å². The number of pyridine rings is 1. The predicted molar refractivity (Wildman–Crippen MR) is 136 cm³/mol. The molecule has 0 bridgehead atoms. The van der Waals surface area contributed by atoms with Gasteiger partial charge in [0.05, 0.1) is 11.1 Å². The van der Waals surface area contributed by atoms with Crippen molar-refractivity contribution in [2.24, 2.45) is 0 Å². The van der Waals surface area contributed by atoms with E-state index in [4.69, 9.17) is 0 Å². The van der Waals surface area contributed by atoms with Crippen LogP contribution >= 0.6 is 11.8 Å². The largest absolute Gasteiger partial charge is 0.416 e. The lowest BCUT2D eigenvalue weighted by molar-refractivity contribution is -0.137. The summed E-state index contributed by atoms with van der Waals surface area (Å²) in [5.74, 6) is 0.965. The van der Waals surface area contributed by atoms with E-state index in [0.717, 1.165) is 67.2 Å². The van der Waals surface area contributed by atoms with Crippen LogP contribution in [0.4, 0.5) is 18.9 Å². The Kier molecular flexibility index (Phi) is 8.73. The molecular formula is C27H32F3N3S. The van der Waals surface area contributed by atoms with Crippen molar-refractivity contribution >= 4 is 28.4 Å². The van der Waals surface area contributed by atoms with Crippen LogP contribution in [0.2, 0.25) is 0 Å². The summed E-state index contributed by atoms with van der Waals surface area (Å²) in [6, 6.07) is 14.7.